The number of nitrogens with one attached hydrogen (secondary N) is 2. The first-order valence-corrected chi connectivity index (χ1v) is 9.57. The number of carbonyl (C=O) groups excluding carboxylic acids is 3. The molecule has 1 aliphatic heterocycles. The first-order chi connectivity index (χ1) is 14.1. The summed E-state index contributed by atoms with van der Waals surface area (Å²) >= 11 is 0. The zero-order valence-corrected chi connectivity index (χ0v) is 15.9. The van der Waals surface area contributed by atoms with Crippen molar-refractivity contribution in [1.29, 1.82) is 0 Å². The molecule has 0 bridgehead atoms. The maximum atomic E-state index is 12.3. The van der Waals surface area contributed by atoms with Gasteiger partial charge in [-0.15, -0.1) is 0 Å². The summed E-state index contributed by atoms with van der Waals surface area (Å²) in [6.07, 6.45) is 1.42. The summed E-state index contributed by atoms with van der Waals surface area (Å²) in [4.78, 5) is 38.0. The van der Waals surface area contributed by atoms with Crippen LogP contribution in [0.5, 0.6) is 0 Å². The lowest BCUT2D eigenvalue weighted by Gasteiger charge is -2.15. The Kier molecular flexibility index (Phi) is 5.24. The van der Waals surface area contributed by atoms with Crippen LogP contribution in [0.15, 0.2) is 66.7 Å². The summed E-state index contributed by atoms with van der Waals surface area (Å²) in [5, 5.41) is 7.55. The number of nitrogens with zero attached hydrogens (tertiary/aromatic N) is 1. The van der Waals surface area contributed by atoms with E-state index in [1.807, 2.05) is 42.5 Å². The predicted molar refractivity (Wildman–Crippen MR) is 113 cm³/mol. The van der Waals surface area contributed by atoms with Crippen LogP contribution in [0.4, 0.5) is 11.4 Å². The van der Waals surface area contributed by atoms with E-state index < -0.39 is 0 Å². The van der Waals surface area contributed by atoms with Crippen LogP contribution in [0.1, 0.15) is 23.2 Å². The van der Waals surface area contributed by atoms with Gasteiger partial charge in [0.05, 0.1) is 6.54 Å². The van der Waals surface area contributed by atoms with E-state index >= 15 is 0 Å². The molecule has 2 N–H and O–H groups in total. The third kappa shape index (κ3) is 4.27. The molecular formula is C23H21N3O3. The lowest BCUT2D eigenvalue weighted by atomic mass is 10.1. The average molecular weight is 387 g/mol. The van der Waals surface area contributed by atoms with Gasteiger partial charge in [0.25, 0.3) is 5.91 Å². The van der Waals surface area contributed by atoms with E-state index in [2.05, 4.69) is 10.6 Å². The minimum Gasteiger partial charge on any atom is -0.343 e. The van der Waals surface area contributed by atoms with E-state index in [0.29, 0.717) is 24.2 Å². The second-order valence-corrected chi connectivity index (χ2v) is 6.99. The minimum absolute atomic E-state index is 0.104. The van der Waals surface area contributed by atoms with Crippen LogP contribution in [-0.4, -0.2) is 30.8 Å². The van der Waals surface area contributed by atoms with Gasteiger partial charge in [0.2, 0.25) is 11.8 Å². The molecule has 0 aromatic heterocycles. The van der Waals surface area contributed by atoms with E-state index in [9.17, 15) is 14.4 Å². The molecule has 29 heavy (non-hydrogen) atoms. The highest BCUT2D eigenvalue weighted by atomic mass is 16.2. The summed E-state index contributed by atoms with van der Waals surface area (Å²) in [5.41, 5.74) is 1.92. The van der Waals surface area contributed by atoms with Crippen molar-refractivity contribution in [2.24, 2.45) is 0 Å². The molecule has 3 aromatic carbocycles. The normalized spacial score (nSPS) is 13.5. The van der Waals surface area contributed by atoms with E-state index in [1.165, 1.54) is 0 Å². The molecule has 1 saturated heterocycles. The molecule has 3 amide bonds. The van der Waals surface area contributed by atoms with Crippen molar-refractivity contribution in [3.63, 3.8) is 0 Å². The number of anilines is 2. The van der Waals surface area contributed by atoms with Gasteiger partial charge in [0.15, 0.2) is 0 Å². The molecule has 0 saturated carbocycles. The third-order valence-electron chi connectivity index (χ3n) is 4.96. The van der Waals surface area contributed by atoms with Crippen molar-refractivity contribution < 1.29 is 14.4 Å². The van der Waals surface area contributed by atoms with E-state index in [4.69, 9.17) is 0 Å². The summed E-state index contributed by atoms with van der Waals surface area (Å²) in [6.45, 7) is 0.581. The third-order valence-corrected chi connectivity index (χ3v) is 4.96. The number of hydrogen-bond donors (Lipinski definition) is 2. The highest BCUT2D eigenvalue weighted by Gasteiger charge is 2.21. The van der Waals surface area contributed by atoms with Gasteiger partial charge in [0.1, 0.15) is 0 Å². The monoisotopic (exact) mass is 387 g/mol. The van der Waals surface area contributed by atoms with Crippen LogP contribution in [0.2, 0.25) is 0 Å². The molecule has 0 radical (unpaired) electrons. The molecule has 0 unspecified atom stereocenters. The Morgan fingerprint density at radius 2 is 1.69 bits per heavy atom. The van der Waals surface area contributed by atoms with Crippen molar-refractivity contribution in [3.05, 3.63) is 72.3 Å². The molecule has 0 spiro atoms. The fourth-order valence-corrected chi connectivity index (χ4v) is 3.45. The summed E-state index contributed by atoms with van der Waals surface area (Å²) in [7, 11) is 0. The van der Waals surface area contributed by atoms with Gasteiger partial charge in [-0.05, 0) is 53.6 Å². The van der Waals surface area contributed by atoms with Gasteiger partial charge in [0, 0.05) is 29.9 Å². The van der Waals surface area contributed by atoms with Gasteiger partial charge in [-0.2, -0.15) is 0 Å². The van der Waals surface area contributed by atoms with Crippen molar-refractivity contribution in [2.45, 2.75) is 12.8 Å². The number of amides is 3. The minimum atomic E-state index is -0.335. The molecule has 0 atom stereocenters. The highest BCUT2D eigenvalue weighted by Crippen LogP contribution is 2.21. The van der Waals surface area contributed by atoms with Crippen molar-refractivity contribution in [1.82, 2.24) is 5.32 Å². The predicted octanol–water partition coefficient (Wildman–Crippen LogP) is 3.34. The van der Waals surface area contributed by atoms with Gasteiger partial charge in [-0.1, -0.05) is 30.3 Å². The van der Waals surface area contributed by atoms with E-state index in [0.717, 1.165) is 22.9 Å². The molecule has 1 fully saturated rings. The SMILES string of the molecule is O=C(CNC(=O)c1ccc(N2CCCC2=O)cc1)Nc1ccc2ccccc2c1. The first-order valence-electron chi connectivity index (χ1n) is 9.57. The van der Waals surface area contributed by atoms with Crippen LogP contribution < -0.4 is 15.5 Å². The second-order valence-electron chi connectivity index (χ2n) is 6.99. The smallest absolute Gasteiger partial charge is 0.251 e. The lowest BCUT2D eigenvalue weighted by molar-refractivity contribution is -0.117. The first kappa shape index (κ1) is 18.7. The zero-order valence-electron chi connectivity index (χ0n) is 15.9. The molecule has 6 heteroatoms. The Labute approximate surface area is 168 Å². The average Bonchev–Trinajstić information content (AvgIpc) is 3.18. The van der Waals surface area contributed by atoms with Gasteiger partial charge in [-0.25, -0.2) is 0 Å². The van der Waals surface area contributed by atoms with E-state index in [-0.39, 0.29) is 24.3 Å². The maximum Gasteiger partial charge on any atom is 0.251 e. The fraction of sp³-hybridized carbons (Fsp3) is 0.174. The molecule has 3 aromatic rings. The molecular weight excluding hydrogens is 366 g/mol. The van der Waals surface area contributed by atoms with Crippen LogP contribution >= 0.6 is 0 Å². The number of fused-ring (bicyclic) bond motifs is 1. The highest BCUT2D eigenvalue weighted by molar-refractivity contribution is 6.01. The second kappa shape index (κ2) is 8.14. The van der Waals surface area contributed by atoms with Gasteiger partial charge < -0.3 is 15.5 Å². The topological polar surface area (TPSA) is 78.5 Å². The Hall–Kier alpha value is -3.67. The number of benzene rings is 3. The fourth-order valence-electron chi connectivity index (χ4n) is 3.45. The van der Waals surface area contributed by atoms with Gasteiger partial charge in [-0.3, -0.25) is 14.4 Å². The molecule has 0 aliphatic carbocycles. The summed E-state index contributed by atoms with van der Waals surface area (Å²) in [5.74, 6) is -0.529. The molecule has 1 aliphatic rings. The van der Waals surface area contributed by atoms with Crippen molar-refractivity contribution in [2.75, 3.05) is 23.3 Å². The quantitative estimate of drug-likeness (QED) is 0.705. The molecule has 1 heterocycles. The summed E-state index contributed by atoms with van der Waals surface area (Å²) < 4.78 is 0. The van der Waals surface area contributed by atoms with Crippen molar-refractivity contribution >= 4 is 39.9 Å². The van der Waals surface area contributed by atoms with Gasteiger partial charge >= 0.3 is 0 Å². The Bertz CT molecular complexity index is 1080. The van der Waals surface area contributed by atoms with Crippen LogP contribution in [0.25, 0.3) is 10.8 Å². The zero-order chi connectivity index (χ0) is 20.2. The molecule has 146 valence electrons. The lowest BCUT2D eigenvalue weighted by Crippen LogP contribution is -2.32. The standard InChI is InChI=1S/C23H21N3O3/c27-21(25-19-10-7-16-4-1-2-5-18(16)14-19)15-24-23(29)17-8-11-20(12-9-17)26-13-3-6-22(26)28/h1-2,4-5,7-12,14H,3,6,13,15H2,(H,24,29)(H,25,27). The number of carbonyl (C=O) groups is 3. The van der Waals surface area contributed by atoms with E-state index in [1.54, 1.807) is 29.2 Å². The van der Waals surface area contributed by atoms with Crippen LogP contribution in [0.3, 0.4) is 0 Å². The number of rotatable bonds is 5. The Balaban J connectivity index is 1.32. The van der Waals surface area contributed by atoms with Crippen LogP contribution in [0, 0.1) is 0 Å². The van der Waals surface area contributed by atoms with Crippen LogP contribution in [-0.2, 0) is 9.59 Å². The maximum absolute atomic E-state index is 12.3. The Morgan fingerprint density at radius 1 is 0.931 bits per heavy atom. The number of hydrogen-bond acceptors (Lipinski definition) is 3. The largest absolute Gasteiger partial charge is 0.343 e. The Morgan fingerprint density at radius 3 is 2.41 bits per heavy atom. The van der Waals surface area contributed by atoms with Crippen molar-refractivity contribution in [3.8, 4) is 0 Å². The molecule has 6 nitrogen and oxygen atoms in total. The molecule has 4 rings (SSSR count). The summed E-state index contributed by atoms with van der Waals surface area (Å²) in [6, 6.07) is 20.4.